The Bertz CT molecular complexity index is 2480. The number of nitrogens with one attached hydrogen (secondary N) is 3. The molecule has 4 fully saturated rings. The van der Waals surface area contributed by atoms with Crippen molar-refractivity contribution in [1.29, 1.82) is 0 Å². The van der Waals surface area contributed by atoms with E-state index < -0.39 is 52.9 Å². The predicted octanol–water partition coefficient (Wildman–Crippen LogP) is 7.68. The lowest BCUT2D eigenvalue weighted by molar-refractivity contribution is -0.138. The van der Waals surface area contributed by atoms with Crippen LogP contribution in [-0.4, -0.2) is 81.6 Å². The zero-order valence-corrected chi connectivity index (χ0v) is 35.4. The Labute approximate surface area is 360 Å². The topological polar surface area (TPSA) is 161 Å². The van der Waals surface area contributed by atoms with Crippen LogP contribution < -0.4 is 16.0 Å². The van der Waals surface area contributed by atoms with Crippen LogP contribution in [0.2, 0.25) is 0 Å². The summed E-state index contributed by atoms with van der Waals surface area (Å²) < 4.78 is 40.8. The lowest BCUT2D eigenvalue weighted by atomic mass is 9.57. The van der Waals surface area contributed by atoms with E-state index in [-0.39, 0.29) is 29.5 Å². The Morgan fingerprint density at radius 2 is 1.68 bits per heavy atom. The van der Waals surface area contributed by atoms with Crippen LogP contribution in [0.4, 0.5) is 24.5 Å². The number of thiazole rings is 1. The molecule has 4 N–H and O–H groups in total. The van der Waals surface area contributed by atoms with Gasteiger partial charge in [-0.1, -0.05) is 12.1 Å². The summed E-state index contributed by atoms with van der Waals surface area (Å²) in [4.78, 5) is 72.4. The Kier molecular flexibility index (Phi) is 10.8. The highest BCUT2D eigenvalue weighted by atomic mass is 32.1. The van der Waals surface area contributed by atoms with Gasteiger partial charge in [0.2, 0.25) is 11.8 Å². The van der Waals surface area contributed by atoms with E-state index in [9.17, 15) is 42.3 Å². The number of anilines is 2. The molecule has 1 aromatic heterocycles. The lowest BCUT2D eigenvalue weighted by Crippen LogP contribution is -2.63. The van der Waals surface area contributed by atoms with Gasteiger partial charge in [-0.05, 0) is 125 Å². The SMILES string of the molecule is CC(C)(O)c1cc2nc(C3CCC(CN4CC5(CC(CCNc6cccc7c6C(=O)N(C6CCC(=O)NC6=O)C7=O)C5)C4)CC3)sc2cc1NC(=O)c1cccc(C(F)(F)F)c1. The first kappa shape index (κ1) is 42.1. The van der Waals surface area contributed by atoms with Gasteiger partial charge in [-0.3, -0.25) is 34.2 Å². The smallest absolute Gasteiger partial charge is 0.386 e. The third-order valence-electron chi connectivity index (χ3n) is 13.5. The third kappa shape index (κ3) is 8.12. The molecule has 12 nitrogen and oxygen atoms in total. The summed E-state index contributed by atoms with van der Waals surface area (Å²) in [5, 5.41) is 20.4. The molecule has 2 saturated carbocycles. The summed E-state index contributed by atoms with van der Waals surface area (Å²) in [6, 6.07) is 12.0. The van der Waals surface area contributed by atoms with Gasteiger partial charge < -0.3 is 20.6 Å². The summed E-state index contributed by atoms with van der Waals surface area (Å²) in [6.07, 6.45) is 3.18. The van der Waals surface area contributed by atoms with Crippen molar-refractivity contribution in [2.45, 2.75) is 95.4 Å². The van der Waals surface area contributed by atoms with Gasteiger partial charge in [-0.2, -0.15) is 13.2 Å². The van der Waals surface area contributed by atoms with E-state index in [2.05, 4.69) is 20.9 Å². The van der Waals surface area contributed by atoms with Gasteiger partial charge in [0.1, 0.15) is 6.04 Å². The summed E-state index contributed by atoms with van der Waals surface area (Å²) in [5.74, 6) is -1.23. The number of halogens is 3. The lowest BCUT2D eigenvalue weighted by Gasteiger charge is -2.60. The number of fused-ring (bicyclic) bond motifs is 2. The van der Waals surface area contributed by atoms with Gasteiger partial charge in [0.15, 0.2) is 0 Å². The first-order valence-corrected chi connectivity index (χ1v) is 22.2. The van der Waals surface area contributed by atoms with Gasteiger partial charge in [0.05, 0.1) is 37.5 Å². The number of alkyl halides is 3. The van der Waals surface area contributed by atoms with E-state index in [4.69, 9.17) is 4.98 Å². The Morgan fingerprint density at radius 1 is 0.935 bits per heavy atom. The van der Waals surface area contributed by atoms with Crippen molar-refractivity contribution in [3.05, 3.63) is 87.4 Å². The largest absolute Gasteiger partial charge is 0.416 e. The highest BCUT2D eigenvalue weighted by Crippen LogP contribution is 2.53. The fourth-order valence-corrected chi connectivity index (χ4v) is 11.7. The van der Waals surface area contributed by atoms with Crippen LogP contribution in [0.15, 0.2) is 54.6 Å². The maximum Gasteiger partial charge on any atom is 0.416 e. The van der Waals surface area contributed by atoms with Crippen molar-refractivity contribution in [2.75, 3.05) is 36.8 Å². The van der Waals surface area contributed by atoms with Crippen LogP contribution in [0, 0.1) is 17.3 Å². The number of amides is 5. The van der Waals surface area contributed by atoms with Crippen LogP contribution >= 0.6 is 11.3 Å². The molecule has 3 aliphatic heterocycles. The second kappa shape index (κ2) is 15.9. The molecule has 0 bridgehead atoms. The number of imide groups is 2. The number of hydrogen-bond donors (Lipinski definition) is 4. The number of rotatable bonds is 11. The molecule has 1 unspecified atom stereocenters. The molecule has 4 aromatic rings. The molecule has 1 atom stereocenters. The number of likely N-dealkylation sites (tertiary alicyclic amines) is 1. The minimum absolute atomic E-state index is 0.0772. The first-order valence-electron chi connectivity index (χ1n) is 21.4. The predicted molar refractivity (Wildman–Crippen MR) is 227 cm³/mol. The fraction of sp³-hybridized carbons (Fsp3) is 0.478. The molecular weight excluding hydrogens is 822 g/mol. The van der Waals surface area contributed by atoms with Crippen molar-refractivity contribution in [3.63, 3.8) is 0 Å². The number of carbonyl (C=O) groups excluding carboxylic acids is 5. The molecule has 1 spiro atoms. The van der Waals surface area contributed by atoms with Crippen molar-refractivity contribution in [2.24, 2.45) is 17.3 Å². The number of hydrogen-bond acceptors (Lipinski definition) is 10. The first-order chi connectivity index (χ1) is 29.4. The Balaban J connectivity index is 0.735. The van der Waals surface area contributed by atoms with Crippen LogP contribution in [0.5, 0.6) is 0 Å². The zero-order valence-electron chi connectivity index (χ0n) is 34.6. The molecule has 5 aliphatic rings. The minimum Gasteiger partial charge on any atom is -0.386 e. The van der Waals surface area contributed by atoms with Gasteiger partial charge in [0.25, 0.3) is 17.7 Å². The van der Waals surface area contributed by atoms with Gasteiger partial charge in [-0.15, -0.1) is 11.3 Å². The monoisotopic (exact) mass is 870 g/mol. The average molecular weight is 871 g/mol. The summed E-state index contributed by atoms with van der Waals surface area (Å²) in [6.45, 7) is 7.18. The number of piperidine rings is 1. The number of benzene rings is 3. The van der Waals surface area contributed by atoms with Gasteiger partial charge in [0, 0.05) is 61.0 Å². The molecule has 0 radical (unpaired) electrons. The highest BCUT2D eigenvalue weighted by Gasteiger charge is 2.52. The molecular formula is C46H49F3N6O6S. The Hall–Kier alpha value is -5.19. The van der Waals surface area contributed by atoms with E-state index >= 15 is 0 Å². The van der Waals surface area contributed by atoms with Crippen molar-refractivity contribution >= 4 is 62.5 Å². The molecule has 2 aliphatic carbocycles. The normalized spacial score (nSPS) is 23.0. The number of nitrogens with zero attached hydrogens (tertiary/aromatic N) is 3. The van der Waals surface area contributed by atoms with Gasteiger partial charge in [-0.25, -0.2) is 4.98 Å². The van der Waals surface area contributed by atoms with Crippen LogP contribution in [0.25, 0.3) is 10.2 Å². The summed E-state index contributed by atoms with van der Waals surface area (Å²) in [5.41, 5.74) is 0.632. The molecule has 5 amide bonds. The maximum absolute atomic E-state index is 13.4. The number of aromatic nitrogens is 1. The fourth-order valence-electron chi connectivity index (χ4n) is 10.5. The van der Waals surface area contributed by atoms with E-state index in [0.717, 1.165) is 84.0 Å². The van der Waals surface area contributed by atoms with E-state index in [1.165, 1.54) is 25.0 Å². The number of carbonyl (C=O) groups is 5. The van der Waals surface area contributed by atoms with Crippen molar-refractivity contribution in [1.82, 2.24) is 20.1 Å². The van der Waals surface area contributed by atoms with Crippen LogP contribution in [-0.2, 0) is 21.4 Å². The van der Waals surface area contributed by atoms with Crippen LogP contribution in [0.3, 0.4) is 0 Å². The molecule has 62 heavy (non-hydrogen) atoms. The zero-order chi connectivity index (χ0) is 43.7. The van der Waals surface area contributed by atoms with Crippen molar-refractivity contribution in [3.8, 4) is 0 Å². The molecule has 4 heterocycles. The van der Waals surface area contributed by atoms with E-state index in [1.54, 1.807) is 55.5 Å². The van der Waals surface area contributed by atoms with Gasteiger partial charge >= 0.3 is 6.18 Å². The molecule has 3 aromatic carbocycles. The molecule has 2 saturated heterocycles. The summed E-state index contributed by atoms with van der Waals surface area (Å²) >= 11 is 1.56. The molecule has 326 valence electrons. The third-order valence-corrected chi connectivity index (χ3v) is 14.7. The standard InChI is InChI=1S/C46H49F3N6O6S/c1-44(2,61)31-18-34-36(19-33(31)51-39(57)28-5-3-6-29(17-28)46(47,48)49)62-41(52-34)27-11-9-25(10-12-27)22-54-23-45(24-54)20-26(21-45)15-16-50-32-8-4-7-30-38(32)43(60)55(42(30)59)35-13-14-37(56)53-40(35)58/h3-8,17-19,25-27,35,50,61H,9-16,20-24H2,1-2H3,(H,51,57)(H,53,56,58). The molecule has 16 heteroatoms. The Morgan fingerprint density at radius 3 is 2.39 bits per heavy atom. The highest BCUT2D eigenvalue weighted by molar-refractivity contribution is 7.18. The number of aliphatic hydroxyl groups is 1. The molecule has 9 rings (SSSR count). The van der Waals surface area contributed by atoms with E-state index in [1.807, 2.05) is 0 Å². The summed E-state index contributed by atoms with van der Waals surface area (Å²) in [7, 11) is 0. The second-order valence-corrected chi connectivity index (χ2v) is 19.6. The second-order valence-electron chi connectivity index (χ2n) is 18.6. The quantitative estimate of drug-likeness (QED) is 0.111. The van der Waals surface area contributed by atoms with E-state index in [0.29, 0.717) is 46.7 Å². The van der Waals surface area contributed by atoms with Crippen molar-refractivity contribution < 1.29 is 42.3 Å². The maximum atomic E-state index is 13.4. The minimum atomic E-state index is -4.58. The average Bonchev–Trinajstić information content (AvgIpc) is 3.73. The van der Waals surface area contributed by atoms with Crippen LogP contribution in [0.1, 0.15) is 125 Å².